The molecule has 0 saturated carbocycles. The molecule has 0 spiro atoms. The van der Waals surface area contributed by atoms with Gasteiger partial charge in [0.1, 0.15) is 0 Å². The standard InChI is InChI=1S/C16H26N4S/c1-4-12(17)10-14-15(18-16-20(14)8-9-21-16)19-7-5-6-13(19)11(2)3/h8-9,11-13H,4-7,10,17H2,1-3H3. The van der Waals surface area contributed by atoms with Crippen LogP contribution in [0.3, 0.4) is 0 Å². The zero-order valence-corrected chi connectivity index (χ0v) is 14.1. The highest BCUT2D eigenvalue weighted by molar-refractivity contribution is 7.15. The number of hydrogen-bond acceptors (Lipinski definition) is 4. The Morgan fingerprint density at radius 3 is 3.00 bits per heavy atom. The van der Waals surface area contributed by atoms with Crippen LogP contribution in [-0.2, 0) is 6.42 Å². The van der Waals surface area contributed by atoms with Crippen molar-refractivity contribution in [2.24, 2.45) is 11.7 Å². The summed E-state index contributed by atoms with van der Waals surface area (Å²) in [7, 11) is 0. The molecule has 3 heterocycles. The van der Waals surface area contributed by atoms with Gasteiger partial charge in [0.2, 0.25) is 0 Å². The molecule has 5 heteroatoms. The fraction of sp³-hybridized carbons (Fsp3) is 0.688. The lowest BCUT2D eigenvalue weighted by Crippen LogP contribution is -2.35. The van der Waals surface area contributed by atoms with E-state index in [1.807, 2.05) is 0 Å². The second-order valence-corrected chi connectivity index (χ2v) is 7.33. The van der Waals surface area contributed by atoms with Crippen molar-refractivity contribution in [3.8, 4) is 0 Å². The van der Waals surface area contributed by atoms with Gasteiger partial charge in [-0.3, -0.25) is 4.40 Å². The van der Waals surface area contributed by atoms with Crippen LogP contribution in [0.1, 0.15) is 45.7 Å². The minimum atomic E-state index is 0.212. The van der Waals surface area contributed by atoms with E-state index in [4.69, 9.17) is 10.7 Å². The van der Waals surface area contributed by atoms with Gasteiger partial charge in [-0.2, -0.15) is 0 Å². The number of rotatable bonds is 5. The lowest BCUT2D eigenvalue weighted by atomic mass is 10.0. The minimum absolute atomic E-state index is 0.212. The Bertz CT molecular complexity index is 600. The molecule has 21 heavy (non-hydrogen) atoms. The third-order valence-electron chi connectivity index (χ3n) is 4.66. The van der Waals surface area contributed by atoms with E-state index < -0.39 is 0 Å². The molecule has 0 aliphatic carbocycles. The average Bonchev–Trinajstić information content (AvgIpc) is 3.13. The molecule has 0 radical (unpaired) electrons. The number of nitrogens with zero attached hydrogens (tertiary/aromatic N) is 3. The summed E-state index contributed by atoms with van der Waals surface area (Å²) in [4.78, 5) is 8.55. The Morgan fingerprint density at radius 1 is 1.48 bits per heavy atom. The van der Waals surface area contributed by atoms with Crippen LogP contribution in [0.25, 0.3) is 4.96 Å². The van der Waals surface area contributed by atoms with Gasteiger partial charge in [0.15, 0.2) is 10.8 Å². The Labute approximate surface area is 131 Å². The van der Waals surface area contributed by atoms with Gasteiger partial charge < -0.3 is 10.6 Å². The molecule has 2 atom stereocenters. The fourth-order valence-electron chi connectivity index (χ4n) is 3.38. The van der Waals surface area contributed by atoms with Crippen molar-refractivity contribution >= 4 is 22.1 Å². The fourth-order valence-corrected chi connectivity index (χ4v) is 4.11. The van der Waals surface area contributed by atoms with Crippen LogP contribution in [0.5, 0.6) is 0 Å². The molecule has 4 nitrogen and oxygen atoms in total. The molecule has 1 saturated heterocycles. The zero-order valence-electron chi connectivity index (χ0n) is 13.2. The molecule has 0 bridgehead atoms. The first kappa shape index (κ1) is 14.9. The van der Waals surface area contributed by atoms with Gasteiger partial charge in [-0.1, -0.05) is 20.8 Å². The van der Waals surface area contributed by atoms with E-state index in [1.54, 1.807) is 11.3 Å². The Morgan fingerprint density at radius 2 is 2.29 bits per heavy atom. The van der Waals surface area contributed by atoms with Crippen LogP contribution < -0.4 is 10.6 Å². The maximum Gasteiger partial charge on any atom is 0.195 e. The van der Waals surface area contributed by atoms with Crippen molar-refractivity contribution in [1.29, 1.82) is 0 Å². The van der Waals surface area contributed by atoms with E-state index in [0.29, 0.717) is 12.0 Å². The Hall–Kier alpha value is -1.07. The Balaban J connectivity index is 2.00. The zero-order chi connectivity index (χ0) is 15.0. The van der Waals surface area contributed by atoms with E-state index in [1.165, 1.54) is 24.4 Å². The first-order valence-electron chi connectivity index (χ1n) is 8.08. The summed E-state index contributed by atoms with van der Waals surface area (Å²) in [6.45, 7) is 7.92. The van der Waals surface area contributed by atoms with E-state index in [9.17, 15) is 0 Å². The van der Waals surface area contributed by atoms with Crippen LogP contribution in [0.15, 0.2) is 11.6 Å². The summed E-state index contributed by atoms with van der Waals surface area (Å²) in [5, 5.41) is 2.11. The van der Waals surface area contributed by atoms with Crippen LogP contribution in [0.4, 0.5) is 5.82 Å². The lowest BCUT2D eigenvalue weighted by Gasteiger charge is -2.29. The summed E-state index contributed by atoms with van der Waals surface area (Å²) in [6, 6.07) is 0.829. The van der Waals surface area contributed by atoms with Crippen LogP contribution >= 0.6 is 11.3 Å². The molecular weight excluding hydrogens is 280 g/mol. The van der Waals surface area contributed by atoms with Gasteiger partial charge in [0.05, 0.1) is 5.69 Å². The maximum atomic E-state index is 6.23. The molecule has 1 aliphatic heterocycles. The summed E-state index contributed by atoms with van der Waals surface area (Å²) in [5.41, 5.74) is 7.53. The molecule has 116 valence electrons. The van der Waals surface area contributed by atoms with E-state index in [2.05, 4.69) is 41.6 Å². The van der Waals surface area contributed by atoms with Gasteiger partial charge in [-0.05, 0) is 25.2 Å². The van der Waals surface area contributed by atoms with E-state index >= 15 is 0 Å². The number of fused-ring (bicyclic) bond motifs is 1. The number of aromatic nitrogens is 2. The van der Waals surface area contributed by atoms with Gasteiger partial charge in [-0.25, -0.2) is 4.98 Å². The number of thiazole rings is 1. The summed E-state index contributed by atoms with van der Waals surface area (Å²) >= 11 is 1.71. The minimum Gasteiger partial charge on any atom is -0.352 e. The van der Waals surface area contributed by atoms with Crippen LogP contribution in [0, 0.1) is 5.92 Å². The predicted octanol–water partition coefficient (Wildman–Crippen LogP) is 3.30. The molecule has 1 aliphatic rings. The van der Waals surface area contributed by atoms with Gasteiger partial charge >= 0.3 is 0 Å². The lowest BCUT2D eigenvalue weighted by molar-refractivity contribution is 0.488. The van der Waals surface area contributed by atoms with Gasteiger partial charge in [0.25, 0.3) is 0 Å². The first-order valence-corrected chi connectivity index (χ1v) is 8.96. The summed E-state index contributed by atoms with van der Waals surface area (Å²) in [6.07, 6.45) is 6.60. The third kappa shape index (κ3) is 2.69. The van der Waals surface area contributed by atoms with Crippen molar-refractivity contribution in [2.45, 2.75) is 58.5 Å². The third-order valence-corrected chi connectivity index (χ3v) is 5.42. The van der Waals surface area contributed by atoms with Crippen molar-refractivity contribution in [3.63, 3.8) is 0 Å². The molecule has 2 N–H and O–H groups in total. The second-order valence-electron chi connectivity index (χ2n) is 6.46. The largest absolute Gasteiger partial charge is 0.352 e. The molecular formula is C16H26N4S. The van der Waals surface area contributed by atoms with E-state index in [-0.39, 0.29) is 6.04 Å². The van der Waals surface area contributed by atoms with Crippen LogP contribution in [-0.4, -0.2) is 28.0 Å². The molecule has 2 aromatic rings. The smallest absolute Gasteiger partial charge is 0.195 e. The normalized spacial score (nSPS) is 20.8. The summed E-state index contributed by atoms with van der Waals surface area (Å²) < 4.78 is 2.24. The molecule has 2 unspecified atom stereocenters. The number of imidazole rings is 1. The molecule has 0 aromatic carbocycles. The molecule has 3 rings (SSSR count). The molecule has 2 aromatic heterocycles. The highest BCUT2D eigenvalue weighted by atomic mass is 32.1. The van der Waals surface area contributed by atoms with Crippen LogP contribution in [0.2, 0.25) is 0 Å². The quantitative estimate of drug-likeness (QED) is 0.922. The highest BCUT2D eigenvalue weighted by Crippen LogP contribution is 2.33. The van der Waals surface area contributed by atoms with E-state index in [0.717, 1.165) is 24.3 Å². The number of hydrogen-bond donors (Lipinski definition) is 1. The van der Waals surface area contributed by atoms with Crippen molar-refractivity contribution in [1.82, 2.24) is 9.38 Å². The second kappa shape index (κ2) is 5.97. The number of nitrogens with two attached hydrogens (primary N) is 1. The van der Waals surface area contributed by atoms with Crippen molar-refractivity contribution in [2.75, 3.05) is 11.4 Å². The summed E-state index contributed by atoms with van der Waals surface area (Å²) in [5.74, 6) is 1.85. The maximum absolute atomic E-state index is 6.23. The highest BCUT2D eigenvalue weighted by Gasteiger charge is 2.31. The van der Waals surface area contributed by atoms with Gasteiger partial charge in [-0.15, -0.1) is 11.3 Å². The molecule has 1 fully saturated rings. The van der Waals surface area contributed by atoms with Crippen molar-refractivity contribution in [3.05, 3.63) is 17.3 Å². The van der Waals surface area contributed by atoms with Crippen molar-refractivity contribution < 1.29 is 0 Å². The van der Waals surface area contributed by atoms with Gasteiger partial charge in [0, 0.05) is 36.6 Å². The average molecular weight is 306 g/mol. The Kier molecular flexibility index (Phi) is 4.22. The SMILES string of the molecule is CCC(N)Cc1c(N2CCCC2C(C)C)nc2sccn12. The molecule has 0 amide bonds. The number of anilines is 1. The first-order chi connectivity index (χ1) is 10.1. The topological polar surface area (TPSA) is 46.6 Å². The predicted molar refractivity (Wildman–Crippen MR) is 90.2 cm³/mol. The monoisotopic (exact) mass is 306 g/mol.